The number of ether oxygens (including phenoxy) is 2. The zero-order valence-electron chi connectivity index (χ0n) is 9.30. The summed E-state index contributed by atoms with van der Waals surface area (Å²) in [6, 6.07) is 3.19. The van der Waals surface area contributed by atoms with Gasteiger partial charge in [-0.15, -0.1) is 0 Å². The molecule has 5 heteroatoms. The van der Waals surface area contributed by atoms with Gasteiger partial charge in [-0.3, -0.25) is 0 Å². The van der Waals surface area contributed by atoms with Crippen molar-refractivity contribution in [1.29, 1.82) is 0 Å². The van der Waals surface area contributed by atoms with Crippen molar-refractivity contribution in [1.82, 2.24) is 0 Å². The monoisotopic (exact) mass is 228 g/mol. The summed E-state index contributed by atoms with van der Waals surface area (Å²) in [5.41, 5.74) is 0.716. The molecule has 0 unspecified atom stereocenters. The smallest absolute Gasteiger partial charge is 0.200 e. The van der Waals surface area contributed by atoms with Crippen molar-refractivity contribution in [2.75, 3.05) is 20.8 Å². The highest BCUT2D eigenvalue weighted by Crippen LogP contribution is 2.37. The molecule has 0 aliphatic carbocycles. The van der Waals surface area contributed by atoms with Crippen LogP contribution in [0.3, 0.4) is 0 Å². The molecular weight excluding hydrogens is 212 g/mol. The third-order valence-corrected chi connectivity index (χ3v) is 2.22. The summed E-state index contributed by atoms with van der Waals surface area (Å²) in [5, 5.41) is 27.7. The van der Waals surface area contributed by atoms with Gasteiger partial charge in [-0.2, -0.15) is 0 Å². The van der Waals surface area contributed by atoms with Gasteiger partial charge in [0.1, 0.15) is 0 Å². The van der Waals surface area contributed by atoms with Crippen molar-refractivity contribution in [3.63, 3.8) is 0 Å². The lowest BCUT2D eigenvalue weighted by molar-refractivity contribution is 0.0954. The summed E-state index contributed by atoms with van der Waals surface area (Å²) >= 11 is 0. The molecule has 0 aromatic heterocycles. The van der Waals surface area contributed by atoms with Gasteiger partial charge in [-0.05, 0) is 17.7 Å². The Morgan fingerprint density at radius 1 is 1.19 bits per heavy atom. The third kappa shape index (κ3) is 2.77. The Kier molecular flexibility index (Phi) is 4.39. The number of rotatable bonds is 5. The molecule has 1 aromatic carbocycles. The summed E-state index contributed by atoms with van der Waals surface area (Å²) in [5.74, 6) is 0.478. The van der Waals surface area contributed by atoms with E-state index in [1.807, 2.05) is 0 Å². The first-order valence-corrected chi connectivity index (χ1v) is 4.85. The number of benzene rings is 1. The van der Waals surface area contributed by atoms with Crippen molar-refractivity contribution >= 4 is 0 Å². The zero-order valence-corrected chi connectivity index (χ0v) is 9.30. The summed E-state index contributed by atoms with van der Waals surface area (Å²) in [4.78, 5) is 0. The van der Waals surface area contributed by atoms with E-state index < -0.39 is 6.10 Å². The lowest BCUT2D eigenvalue weighted by Crippen LogP contribution is -2.15. The van der Waals surface area contributed by atoms with E-state index in [0.29, 0.717) is 5.56 Å². The second kappa shape index (κ2) is 5.58. The molecule has 1 atom stereocenters. The molecule has 0 radical (unpaired) electrons. The quantitative estimate of drug-likeness (QED) is 0.675. The Hall–Kier alpha value is -1.46. The van der Waals surface area contributed by atoms with Crippen molar-refractivity contribution < 1.29 is 24.8 Å². The van der Waals surface area contributed by atoms with Gasteiger partial charge in [0.2, 0.25) is 5.75 Å². The van der Waals surface area contributed by atoms with Crippen LogP contribution in [0.4, 0.5) is 0 Å². The van der Waals surface area contributed by atoms with Crippen LogP contribution in [0, 0.1) is 0 Å². The predicted octanol–water partition coefficient (Wildman–Crippen LogP) is 0.305. The third-order valence-electron chi connectivity index (χ3n) is 2.22. The molecule has 1 aromatic rings. The van der Waals surface area contributed by atoms with Crippen LogP contribution in [0.5, 0.6) is 17.2 Å². The van der Waals surface area contributed by atoms with E-state index in [2.05, 4.69) is 0 Å². The molecule has 0 aliphatic heterocycles. The molecule has 0 saturated heterocycles. The van der Waals surface area contributed by atoms with Gasteiger partial charge >= 0.3 is 0 Å². The van der Waals surface area contributed by atoms with Crippen LogP contribution in [-0.4, -0.2) is 42.3 Å². The largest absolute Gasteiger partial charge is 0.502 e. The van der Waals surface area contributed by atoms with Gasteiger partial charge in [-0.1, -0.05) is 0 Å². The number of aliphatic hydroxyl groups excluding tert-OH is 2. The van der Waals surface area contributed by atoms with Crippen LogP contribution in [0.15, 0.2) is 12.1 Å². The highest BCUT2D eigenvalue weighted by atomic mass is 16.5. The van der Waals surface area contributed by atoms with Crippen LogP contribution in [0.25, 0.3) is 0 Å². The Balaban J connectivity index is 3.02. The first kappa shape index (κ1) is 12.6. The number of phenols is 1. The summed E-state index contributed by atoms with van der Waals surface area (Å²) < 4.78 is 9.94. The van der Waals surface area contributed by atoms with Gasteiger partial charge in [0.25, 0.3) is 0 Å². The van der Waals surface area contributed by atoms with Crippen LogP contribution >= 0.6 is 0 Å². The highest BCUT2D eigenvalue weighted by Gasteiger charge is 2.13. The second-order valence-corrected chi connectivity index (χ2v) is 3.39. The van der Waals surface area contributed by atoms with Gasteiger partial charge in [-0.25, -0.2) is 0 Å². The minimum atomic E-state index is -0.834. The fourth-order valence-electron chi connectivity index (χ4n) is 1.40. The maximum atomic E-state index is 9.64. The molecule has 0 heterocycles. The first-order valence-electron chi connectivity index (χ1n) is 4.85. The SMILES string of the molecule is COc1cc(C[C@@H](O)CO)cc(OC)c1O. The second-order valence-electron chi connectivity index (χ2n) is 3.39. The molecule has 3 N–H and O–H groups in total. The van der Waals surface area contributed by atoms with E-state index in [4.69, 9.17) is 14.6 Å². The van der Waals surface area contributed by atoms with Crippen LogP contribution in [0.1, 0.15) is 5.56 Å². The van der Waals surface area contributed by atoms with E-state index in [1.165, 1.54) is 14.2 Å². The topological polar surface area (TPSA) is 79.2 Å². The van der Waals surface area contributed by atoms with Crippen molar-refractivity contribution in [2.24, 2.45) is 0 Å². The standard InChI is InChI=1S/C11H16O5/c1-15-9-4-7(3-8(13)6-12)5-10(16-2)11(9)14/h4-5,8,12-14H,3,6H2,1-2H3/t8-/m1/s1. The fourth-order valence-corrected chi connectivity index (χ4v) is 1.40. The van der Waals surface area contributed by atoms with Crippen LogP contribution in [-0.2, 0) is 6.42 Å². The predicted molar refractivity (Wildman–Crippen MR) is 58.0 cm³/mol. The number of hydrogen-bond donors (Lipinski definition) is 3. The number of aliphatic hydroxyl groups is 2. The number of hydrogen-bond acceptors (Lipinski definition) is 5. The average molecular weight is 228 g/mol. The molecule has 0 fully saturated rings. The molecule has 0 bridgehead atoms. The Morgan fingerprint density at radius 2 is 1.69 bits per heavy atom. The average Bonchev–Trinajstić information content (AvgIpc) is 2.30. The van der Waals surface area contributed by atoms with E-state index in [9.17, 15) is 10.2 Å². The minimum Gasteiger partial charge on any atom is -0.502 e. The number of methoxy groups -OCH3 is 2. The lowest BCUT2D eigenvalue weighted by atomic mass is 10.1. The van der Waals surface area contributed by atoms with Gasteiger partial charge < -0.3 is 24.8 Å². The van der Waals surface area contributed by atoms with Gasteiger partial charge in [0, 0.05) is 6.42 Å². The van der Waals surface area contributed by atoms with Gasteiger partial charge in [0.15, 0.2) is 11.5 Å². The van der Waals surface area contributed by atoms with E-state index in [1.54, 1.807) is 12.1 Å². The molecule has 0 spiro atoms. The Bertz CT molecular complexity index is 325. The lowest BCUT2D eigenvalue weighted by Gasteiger charge is -2.12. The molecule has 0 aliphatic rings. The number of phenolic OH excluding ortho intramolecular Hbond substituents is 1. The molecular formula is C11H16O5. The molecule has 1 rings (SSSR count). The van der Waals surface area contributed by atoms with Crippen molar-refractivity contribution in [3.05, 3.63) is 17.7 Å². The molecule has 5 nitrogen and oxygen atoms in total. The normalized spacial score (nSPS) is 12.2. The Morgan fingerprint density at radius 3 is 2.06 bits per heavy atom. The molecule has 0 saturated carbocycles. The Labute approximate surface area is 93.9 Å². The first-order chi connectivity index (χ1) is 7.62. The number of aromatic hydroxyl groups is 1. The van der Waals surface area contributed by atoms with E-state index in [0.717, 1.165) is 0 Å². The molecule has 16 heavy (non-hydrogen) atoms. The van der Waals surface area contributed by atoms with Crippen molar-refractivity contribution in [3.8, 4) is 17.2 Å². The maximum Gasteiger partial charge on any atom is 0.200 e. The van der Waals surface area contributed by atoms with E-state index >= 15 is 0 Å². The minimum absolute atomic E-state index is 0.0766. The van der Waals surface area contributed by atoms with E-state index in [-0.39, 0.29) is 30.3 Å². The summed E-state index contributed by atoms with van der Waals surface area (Å²) in [7, 11) is 2.86. The maximum absolute atomic E-state index is 9.64. The van der Waals surface area contributed by atoms with Gasteiger partial charge in [0.05, 0.1) is 26.9 Å². The summed E-state index contributed by atoms with van der Waals surface area (Å²) in [6.45, 7) is -0.314. The summed E-state index contributed by atoms with van der Waals surface area (Å²) in [6.07, 6.45) is -0.567. The fraction of sp³-hybridized carbons (Fsp3) is 0.455. The zero-order chi connectivity index (χ0) is 12.1. The molecule has 0 amide bonds. The molecule has 90 valence electrons. The van der Waals surface area contributed by atoms with Crippen molar-refractivity contribution in [2.45, 2.75) is 12.5 Å². The van der Waals surface area contributed by atoms with Crippen LogP contribution < -0.4 is 9.47 Å². The van der Waals surface area contributed by atoms with Crippen LogP contribution in [0.2, 0.25) is 0 Å². The highest BCUT2D eigenvalue weighted by molar-refractivity contribution is 5.52.